The van der Waals surface area contributed by atoms with E-state index in [1.54, 1.807) is 0 Å². The highest BCUT2D eigenvalue weighted by atomic mass is 16.1. The predicted octanol–water partition coefficient (Wildman–Crippen LogP) is 3.57. The van der Waals surface area contributed by atoms with Crippen LogP contribution in [0.2, 0.25) is 0 Å². The van der Waals surface area contributed by atoms with Gasteiger partial charge in [-0.05, 0) is 42.8 Å². The van der Waals surface area contributed by atoms with Crippen LogP contribution in [0.3, 0.4) is 0 Å². The molecule has 0 saturated carbocycles. The summed E-state index contributed by atoms with van der Waals surface area (Å²) in [6, 6.07) is 18.4. The molecule has 4 heteroatoms. The highest BCUT2D eigenvalue weighted by Crippen LogP contribution is 2.22. The van der Waals surface area contributed by atoms with Crippen molar-refractivity contribution < 1.29 is 4.79 Å². The molecule has 0 bridgehead atoms. The Morgan fingerprint density at radius 2 is 1.64 bits per heavy atom. The van der Waals surface area contributed by atoms with Crippen LogP contribution in [0.15, 0.2) is 54.6 Å². The summed E-state index contributed by atoms with van der Waals surface area (Å²) in [5.41, 5.74) is 3.29. The summed E-state index contributed by atoms with van der Waals surface area (Å²) < 4.78 is 0. The van der Waals surface area contributed by atoms with Crippen molar-refractivity contribution in [2.45, 2.75) is 19.3 Å². The number of anilines is 2. The van der Waals surface area contributed by atoms with Gasteiger partial charge in [-0.3, -0.25) is 4.79 Å². The van der Waals surface area contributed by atoms with Gasteiger partial charge < -0.3 is 15.1 Å². The molecule has 2 aromatic rings. The van der Waals surface area contributed by atoms with Gasteiger partial charge in [0, 0.05) is 44.0 Å². The first-order valence-electron chi connectivity index (χ1n) is 9.00. The second kappa shape index (κ2) is 8.17. The minimum atomic E-state index is 0.0590. The van der Waals surface area contributed by atoms with Crippen LogP contribution in [0.25, 0.3) is 0 Å². The maximum atomic E-state index is 12.3. The molecule has 1 fully saturated rings. The van der Waals surface area contributed by atoms with Gasteiger partial charge in [0.05, 0.1) is 0 Å². The summed E-state index contributed by atoms with van der Waals surface area (Å²) >= 11 is 0. The number of nitrogens with zero attached hydrogens (tertiary/aromatic N) is 2. The number of carbonyl (C=O) groups is 1. The average molecular weight is 337 g/mol. The van der Waals surface area contributed by atoms with E-state index in [0.29, 0.717) is 6.42 Å². The molecular formula is C21H27N3O. The smallest absolute Gasteiger partial charge is 0.224 e. The van der Waals surface area contributed by atoms with Gasteiger partial charge in [0.25, 0.3) is 0 Å². The Balaban J connectivity index is 1.53. The van der Waals surface area contributed by atoms with Gasteiger partial charge in [-0.25, -0.2) is 0 Å². The molecule has 1 saturated heterocycles. The second-order valence-electron chi connectivity index (χ2n) is 6.90. The number of amides is 1. The van der Waals surface area contributed by atoms with Crippen LogP contribution < -0.4 is 10.2 Å². The molecule has 1 aliphatic heterocycles. The van der Waals surface area contributed by atoms with Crippen molar-refractivity contribution in [1.29, 1.82) is 0 Å². The van der Waals surface area contributed by atoms with Gasteiger partial charge in [-0.2, -0.15) is 0 Å². The van der Waals surface area contributed by atoms with E-state index in [9.17, 15) is 4.79 Å². The van der Waals surface area contributed by atoms with Gasteiger partial charge in [-0.15, -0.1) is 0 Å². The van der Waals surface area contributed by atoms with Crippen molar-refractivity contribution >= 4 is 17.3 Å². The number of likely N-dealkylation sites (N-methyl/N-ethyl adjacent to an activating group) is 1. The van der Waals surface area contributed by atoms with Crippen molar-refractivity contribution in [2.24, 2.45) is 0 Å². The monoisotopic (exact) mass is 337 g/mol. The minimum Gasteiger partial charge on any atom is -0.369 e. The molecule has 3 rings (SSSR count). The molecule has 132 valence electrons. The molecule has 1 heterocycles. The molecule has 0 radical (unpaired) electrons. The van der Waals surface area contributed by atoms with Crippen molar-refractivity contribution in [3.8, 4) is 0 Å². The van der Waals surface area contributed by atoms with E-state index in [4.69, 9.17) is 0 Å². The van der Waals surface area contributed by atoms with Gasteiger partial charge in [0.2, 0.25) is 5.91 Å². The molecule has 0 aromatic heterocycles. The molecule has 1 aliphatic rings. The van der Waals surface area contributed by atoms with Gasteiger partial charge in [0.15, 0.2) is 0 Å². The van der Waals surface area contributed by atoms with E-state index in [-0.39, 0.29) is 11.8 Å². The quantitative estimate of drug-likeness (QED) is 0.906. The lowest BCUT2D eigenvalue weighted by molar-refractivity contribution is -0.116. The van der Waals surface area contributed by atoms with Crippen LogP contribution in [0, 0.1) is 0 Å². The molecular weight excluding hydrogens is 310 g/mol. The third-order valence-electron chi connectivity index (χ3n) is 4.88. The largest absolute Gasteiger partial charge is 0.369 e. The lowest BCUT2D eigenvalue weighted by Crippen LogP contribution is -2.44. The number of hydrogen-bond donors (Lipinski definition) is 1. The van der Waals surface area contributed by atoms with E-state index in [1.807, 2.05) is 30.3 Å². The van der Waals surface area contributed by atoms with Crippen molar-refractivity contribution in [2.75, 3.05) is 43.4 Å². The molecule has 0 spiro atoms. The van der Waals surface area contributed by atoms with Crippen LogP contribution in [0.5, 0.6) is 0 Å². The third kappa shape index (κ3) is 4.83. The Hall–Kier alpha value is -2.33. The maximum Gasteiger partial charge on any atom is 0.224 e. The Morgan fingerprint density at radius 3 is 2.28 bits per heavy atom. The molecule has 1 N–H and O–H groups in total. The van der Waals surface area contributed by atoms with E-state index < -0.39 is 0 Å². The number of benzene rings is 2. The number of nitrogens with one attached hydrogen (secondary N) is 1. The summed E-state index contributed by atoms with van der Waals surface area (Å²) in [5.74, 6) is 0.273. The number of carbonyl (C=O) groups excluding carboxylic acids is 1. The minimum absolute atomic E-state index is 0.0590. The van der Waals surface area contributed by atoms with E-state index in [1.165, 1.54) is 11.3 Å². The van der Waals surface area contributed by atoms with Crippen LogP contribution >= 0.6 is 0 Å². The first-order valence-corrected chi connectivity index (χ1v) is 9.00. The zero-order valence-corrected chi connectivity index (χ0v) is 15.1. The van der Waals surface area contributed by atoms with Crippen LogP contribution in [0.1, 0.15) is 24.8 Å². The van der Waals surface area contributed by atoms with Gasteiger partial charge in [0.1, 0.15) is 0 Å². The maximum absolute atomic E-state index is 12.3. The summed E-state index contributed by atoms with van der Waals surface area (Å²) in [6.45, 7) is 6.38. The average Bonchev–Trinajstić information content (AvgIpc) is 2.64. The summed E-state index contributed by atoms with van der Waals surface area (Å²) in [6.07, 6.45) is 0.490. The van der Waals surface area contributed by atoms with Gasteiger partial charge in [-0.1, -0.05) is 37.3 Å². The summed E-state index contributed by atoms with van der Waals surface area (Å²) in [5, 5.41) is 3.01. The molecule has 0 unspecified atom stereocenters. The fourth-order valence-corrected chi connectivity index (χ4v) is 3.21. The highest BCUT2D eigenvalue weighted by molar-refractivity contribution is 5.91. The molecule has 1 amide bonds. The number of hydrogen-bond acceptors (Lipinski definition) is 3. The Morgan fingerprint density at radius 1 is 1.00 bits per heavy atom. The molecule has 2 aromatic carbocycles. The first kappa shape index (κ1) is 17.5. The first-order chi connectivity index (χ1) is 12.1. The zero-order chi connectivity index (χ0) is 17.6. The lowest BCUT2D eigenvalue weighted by atomic mass is 9.97. The van der Waals surface area contributed by atoms with Crippen molar-refractivity contribution in [1.82, 2.24) is 4.90 Å². The van der Waals surface area contributed by atoms with Gasteiger partial charge >= 0.3 is 0 Å². The van der Waals surface area contributed by atoms with E-state index in [2.05, 4.69) is 53.4 Å². The molecule has 1 atom stereocenters. The predicted molar refractivity (Wildman–Crippen MR) is 104 cm³/mol. The molecule has 25 heavy (non-hydrogen) atoms. The Bertz CT molecular complexity index is 676. The van der Waals surface area contributed by atoms with Crippen molar-refractivity contribution in [3.05, 3.63) is 60.2 Å². The highest BCUT2D eigenvalue weighted by Gasteiger charge is 2.15. The van der Waals surface area contributed by atoms with Crippen LogP contribution in [-0.4, -0.2) is 44.0 Å². The Kier molecular flexibility index (Phi) is 5.71. The van der Waals surface area contributed by atoms with E-state index in [0.717, 1.165) is 31.9 Å². The number of piperazine rings is 1. The normalized spacial score (nSPS) is 16.5. The van der Waals surface area contributed by atoms with Crippen LogP contribution in [-0.2, 0) is 4.79 Å². The lowest BCUT2D eigenvalue weighted by Gasteiger charge is -2.34. The molecule has 4 nitrogen and oxygen atoms in total. The molecule has 0 aliphatic carbocycles. The fraction of sp³-hybridized carbons (Fsp3) is 0.381. The van der Waals surface area contributed by atoms with E-state index >= 15 is 0 Å². The SMILES string of the molecule is C[C@H](CC(=O)Nc1ccc(N2CCN(C)CC2)cc1)c1ccccc1. The third-order valence-corrected chi connectivity index (χ3v) is 4.88. The standard InChI is InChI=1S/C21H27N3O/c1-17(18-6-4-3-5-7-18)16-21(25)22-19-8-10-20(11-9-19)24-14-12-23(2)13-15-24/h3-11,17H,12-16H2,1-2H3,(H,22,25)/t17-/m1/s1. The summed E-state index contributed by atoms with van der Waals surface area (Å²) in [4.78, 5) is 17.0. The van der Waals surface area contributed by atoms with Crippen LogP contribution in [0.4, 0.5) is 11.4 Å². The zero-order valence-electron chi connectivity index (χ0n) is 15.1. The topological polar surface area (TPSA) is 35.6 Å². The van der Waals surface area contributed by atoms with Crippen molar-refractivity contribution in [3.63, 3.8) is 0 Å². The number of rotatable bonds is 5. The Labute approximate surface area is 150 Å². The summed E-state index contributed by atoms with van der Waals surface area (Å²) in [7, 11) is 2.16. The fourth-order valence-electron chi connectivity index (χ4n) is 3.21. The second-order valence-corrected chi connectivity index (χ2v) is 6.90.